The summed E-state index contributed by atoms with van der Waals surface area (Å²) in [6, 6.07) is 0. The first-order valence-corrected chi connectivity index (χ1v) is 4.21. The predicted molar refractivity (Wildman–Crippen MR) is 42.1 cm³/mol. The van der Waals surface area contributed by atoms with E-state index in [1.165, 1.54) is 0 Å². The van der Waals surface area contributed by atoms with Crippen LogP contribution in [-0.4, -0.2) is 36.5 Å². The number of hydrogen-bond donors (Lipinski definition) is 0. The minimum absolute atomic E-state index is 0.619. The monoisotopic (exact) mass is 304 g/mol. The third-order valence-corrected chi connectivity index (χ3v) is 1.73. The molecule has 0 spiro atoms. The van der Waals surface area contributed by atoms with Crippen LogP contribution in [-0.2, 0) is 9.53 Å². The van der Waals surface area contributed by atoms with Crippen molar-refractivity contribution in [3.05, 3.63) is 12.7 Å². The Morgan fingerprint density at radius 2 is 1.37 bits per heavy atom. The molecule has 2 nitrogen and oxygen atoms in total. The summed E-state index contributed by atoms with van der Waals surface area (Å²) >= 11 is 0. The maximum atomic E-state index is 12.7. The maximum absolute atomic E-state index is 12.7. The summed E-state index contributed by atoms with van der Waals surface area (Å²) in [5, 5.41) is 0. The zero-order chi connectivity index (χ0) is 15.7. The van der Waals surface area contributed by atoms with Gasteiger partial charge in [-0.05, 0) is 0 Å². The molecule has 0 aliphatic rings. The number of hydrogen-bond acceptors (Lipinski definition) is 2. The molecule has 0 atom stereocenters. The molecule has 0 heterocycles. The fourth-order valence-electron chi connectivity index (χ4n) is 0.729. The van der Waals surface area contributed by atoms with E-state index in [0.29, 0.717) is 6.08 Å². The molecule has 0 N–H and O–H groups in total. The standard InChI is InChI=1S/C8H5F9O2/c1-2-3-19-4(18)5(9,10)6(11,12)7(13,14)8(15,16)17/h2H,1,3H2. The van der Waals surface area contributed by atoms with Crippen molar-refractivity contribution in [1.82, 2.24) is 0 Å². The summed E-state index contributed by atoms with van der Waals surface area (Å²) in [6.45, 7) is 1.76. The summed E-state index contributed by atoms with van der Waals surface area (Å²) in [5.74, 6) is -23.7. The highest BCUT2D eigenvalue weighted by atomic mass is 19.4. The summed E-state index contributed by atoms with van der Waals surface area (Å²) < 4.78 is 114. The quantitative estimate of drug-likeness (QED) is 0.443. The molecule has 0 amide bonds. The topological polar surface area (TPSA) is 26.3 Å². The average Bonchev–Trinajstić information content (AvgIpc) is 2.23. The summed E-state index contributed by atoms with van der Waals surface area (Å²) in [7, 11) is 0. The number of rotatable bonds is 5. The number of esters is 1. The number of carbonyl (C=O) groups excluding carboxylic acids is 1. The van der Waals surface area contributed by atoms with Crippen LogP contribution in [0.1, 0.15) is 0 Å². The molecule has 0 aliphatic heterocycles. The Morgan fingerprint density at radius 3 is 1.68 bits per heavy atom. The molecule has 0 bridgehead atoms. The van der Waals surface area contributed by atoms with Gasteiger partial charge >= 0.3 is 29.9 Å². The van der Waals surface area contributed by atoms with Gasteiger partial charge in [-0.25, -0.2) is 4.79 Å². The summed E-state index contributed by atoms with van der Waals surface area (Å²) in [4.78, 5) is 10.4. The minimum Gasteiger partial charge on any atom is -0.457 e. The maximum Gasteiger partial charge on any atom is 0.460 e. The van der Waals surface area contributed by atoms with E-state index in [9.17, 15) is 44.3 Å². The first-order valence-electron chi connectivity index (χ1n) is 4.21. The zero-order valence-corrected chi connectivity index (χ0v) is 8.71. The second-order valence-electron chi connectivity index (χ2n) is 3.11. The van der Waals surface area contributed by atoms with Gasteiger partial charge in [0.15, 0.2) is 0 Å². The van der Waals surface area contributed by atoms with E-state index in [0.717, 1.165) is 0 Å². The molecule has 0 aromatic rings. The second-order valence-corrected chi connectivity index (χ2v) is 3.11. The lowest BCUT2D eigenvalue weighted by Gasteiger charge is -2.32. The molecule has 0 aromatic heterocycles. The first kappa shape index (κ1) is 17.6. The summed E-state index contributed by atoms with van der Waals surface area (Å²) in [6.07, 6.45) is -6.35. The van der Waals surface area contributed by atoms with Crippen LogP contribution in [0.25, 0.3) is 0 Å². The van der Waals surface area contributed by atoms with Crippen LogP contribution in [0.3, 0.4) is 0 Å². The molecule has 112 valence electrons. The Labute approximate surface area is 99.4 Å². The number of ether oxygens (including phenoxy) is 1. The Hall–Kier alpha value is -1.42. The molecule has 0 radical (unpaired) electrons. The minimum atomic E-state index is -7.11. The van der Waals surface area contributed by atoms with Crippen molar-refractivity contribution in [2.24, 2.45) is 0 Å². The van der Waals surface area contributed by atoms with Crippen molar-refractivity contribution in [2.45, 2.75) is 23.9 Å². The highest BCUT2D eigenvalue weighted by Crippen LogP contribution is 2.53. The number of alkyl halides is 9. The SMILES string of the molecule is C=CCOC(=O)C(F)(F)C(F)(F)C(F)(F)C(F)(F)F. The van der Waals surface area contributed by atoms with E-state index in [-0.39, 0.29) is 0 Å². The van der Waals surface area contributed by atoms with Gasteiger partial charge in [-0.1, -0.05) is 12.7 Å². The van der Waals surface area contributed by atoms with Gasteiger partial charge in [0.25, 0.3) is 0 Å². The zero-order valence-electron chi connectivity index (χ0n) is 8.71. The third kappa shape index (κ3) is 2.78. The Morgan fingerprint density at radius 1 is 0.947 bits per heavy atom. The van der Waals surface area contributed by atoms with Gasteiger partial charge in [0.1, 0.15) is 6.61 Å². The van der Waals surface area contributed by atoms with Crippen molar-refractivity contribution >= 4 is 5.97 Å². The van der Waals surface area contributed by atoms with Gasteiger partial charge in [0.2, 0.25) is 0 Å². The second kappa shape index (κ2) is 4.93. The lowest BCUT2D eigenvalue weighted by molar-refractivity contribution is -0.390. The van der Waals surface area contributed by atoms with E-state index in [1.807, 2.05) is 0 Å². The largest absolute Gasteiger partial charge is 0.460 e. The van der Waals surface area contributed by atoms with Gasteiger partial charge in [-0.3, -0.25) is 0 Å². The third-order valence-electron chi connectivity index (χ3n) is 1.73. The van der Waals surface area contributed by atoms with E-state index in [2.05, 4.69) is 11.3 Å². The molecule has 0 aromatic carbocycles. The molecule has 0 aliphatic carbocycles. The van der Waals surface area contributed by atoms with E-state index < -0.39 is 36.5 Å². The van der Waals surface area contributed by atoms with Gasteiger partial charge in [0, 0.05) is 0 Å². The van der Waals surface area contributed by atoms with Crippen molar-refractivity contribution in [3.8, 4) is 0 Å². The highest BCUT2D eigenvalue weighted by Gasteiger charge is 2.84. The normalized spacial score (nSPS) is 14.2. The van der Waals surface area contributed by atoms with Crippen molar-refractivity contribution in [2.75, 3.05) is 6.61 Å². The van der Waals surface area contributed by atoms with Gasteiger partial charge in [0.05, 0.1) is 0 Å². The van der Waals surface area contributed by atoms with E-state index >= 15 is 0 Å². The van der Waals surface area contributed by atoms with Gasteiger partial charge in [-0.2, -0.15) is 39.5 Å². The van der Waals surface area contributed by atoms with E-state index in [4.69, 9.17) is 0 Å². The van der Waals surface area contributed by atoms with Gasteiger partial charge < -0.3 is 4.74 Å². The predicted octanol–water partition coefficient (Wildman–Crippen LogP) is 3.18. The molecule has 0 rings (SSSR count). The van der Waals surface area contributed by atoms with Crippen molar-refractivity contribution in [1.29, 1.82) is 0 Å². The van der Waals surface area contributed by atoms with E-state index in [1.54, 1.807) is 0 Å². The number of carbonyl (C=O) groups is 1. The van der Waals surface area contributed by atoms with Crippen LogP contribution in [0.15, 0.2) is 12.7 Å². The highest BCUT2D eigenvalue weighted by molar-refractivity contribution is 5.79. The van der Waals surface area contributed by atoms with Crippen molar-refractivity contribution in [3.63, 3.8) is 0 Å². The molecule has 0 saturated heterocycles. The Bertz CT molecular complexity index is 358. The molecule has 0 saturated carbocycles. The van der Waals surface area contributed by atoms with Crippen LogP contribution >= 0.6 is 0 Å². The van der Waals surface area contributed by atoms with Crippen LogP contribution in [0.4, 0.5) is 39.5 Å². The fourth-order valence-corrected chi connectivity index (χ4v) is 0.729. The van der Waals surface area contributed by atoms with Crippen LogP contribution in [0, 0.1) is 0 Å². The number of halogens is 9. The fraction of sp³-hybridized carbons (Fsp3) is 0.625. The lowest BCUT2D eigenvalue weighted by atomic mass is 10.0. The lowest BCUT2D eigenvalue weighted by Crippen LogP contribution is -2.63. The molecule has 0 fully saturated rings. The Balaban J connectivity index is 5.50. The van der Waals surface area contributed by atoms with Crippen LogP contribution < -0.4 is 0 Å². The first-order chi connectivity index (χ1) is 8.23. The average molecular weight is 304 g/mol. The van der Waals surface area contributed by atoms with Crippen molar-refractivity contribution < 1.29 is 49.0 Å². The Kier molecular flexibility index (Phi) is 4.56. The molecule has 0 unspecified atom stereocenters. The van der Waals surface area contributed by atoms with Crippen LogP contribution in [0.2, 0.25) is 0 Å². The molecular weight excluding hydrogens is 299 g/mol. The molecular formula is C8H5F9O2. The smallest absolute Gasteiger partial charge is 0.457 e. The molecule has 11 heteroatoms. The van der Waals surface area contributed by atoms with Crippen LogP contribution in [0.5, 0.6) is 0 Å². The van der Waals surface area contributed by atoms with Gasteiger partial charge in [-0.15, -0.1) is 0 Å². The molecule has 19 heavy (non-hydrogen) atoms. The summed E-state index contributed by atoms with van der Waals surface area (Å²) in [5.41, 5.74) is 0.